The molecule has 1 N–H and O–H groups in total. The number of piperazine rings is 1. The first-order valence-corrected chi connectivity index (χ1v) is 8.45. The van der Waals surface area contributed by atoms with Crippen molar-refractivity contribution in [3.8, 4) is 0 Å². The van der Waals surface area contributed by atoms with Crippen molar-refractivity contribution in [2.45, 2.75) is 12.5 Å². The average molecular weight is 336 g/mol. The van der Waals surface area contributed by atoms with Gasteiger partial charge in [0.15, 0.2) is 0 Å². The zero-order chi connectivity index (χ0) is 17.5. The van der Waals surface area contributed by atoms with Crippen molar-refractivity contribution in [2.75, 3.05) is 59.9 Å². The van der Waals surface area contributed by atoms with Gasteiger partial charge in [0.2, 0.25) is 0 Å². The molecule has 0 saturated carbocycles. The van der Waals surface area contributed by atoms with Gasteiger partial charge in [-0.15, -0.1) is 0 Å². The fourth-order valence-corrected chi connectivity index (χ4v) is 2.94. The fourth-order valence-electron chi connectivity index (χ4n) is 2.94. The van der Waals surface area contributed by atoms with Gasteiger partial charge in [-0.1, -0.05) is 12.1 Å². The lowest BCUT2D eigenvalue weighted by Crippen LogP contribution is -2.48. The minimum Gasteiger partial charge on any atom is -0.390 e. The summed E-state index contributed by atoms with van der Waals surface area (Å²) in [5.41, 5.74) is 1.19. The first-order valence-electron chi connectivity index (χ1n) is 8.45. The summed E-state index contributed by atoms with van der Waals surface area (Å²) in [5, 5.41) is 20.9. The molecule has 7 nitrogen and oxygen atoms in total. The molecule has 0 bridgehead atoms. The normalized spacial score (nSPS) is 18.0. The molecule has 1 aliphatic rings. The Balaban J connectivity index is 1.68. The van der Waals surface area contributed by atoms with E-state index in [1.165, 1.54) is 12.1 Å². The Bertz CT molecular complexity index is 515. The Morgan fingerprint density at radius 1 is 1.25 bits per heavy atom. The number of nitro groups is 1. The summed E-state index contributed by atoms with van der Waals surface area (Å²) in [4.78, 5) is 17.0. The number of β-amino-alcohol motifs (C(OH)–C–C–N with tert-alkyl or cyclic N) is 1. The third kappa shape index (κ3) is 6.16. The number of non-ortho nitro benzene ring substituents is 1. The van der Waals surface area contributed by atoms with Crippen LogP contribution in [-0.4, -0.2) is 90.7 Å². The molecule has 1 aromatic carbocycles. The second kappa shape index (κ2) is 9.08. The van der Waals surface area contributed by atoms with Crippen molar-refractivity contribution < 1.29 is 10.0 Å². The van der Waals surface area contributed by atoms with Crippen LogP contribution in [0.25, 0.3) is 0 Å². The van der Waals surface area contributed by atoms with E-state index in [4.69, 9.17) is 0 Å². The van der Waals surface area contributed by atoms with Crippen molar-refractivity contribution in [3.05, 3.63) is 39.9 Å². The van der Waals surface area contributed by atoms with Crippen molar-refractivity contribution >= 4 is 5.69 Å². The van der Waals surface area contributed by atoms with E-state index in [-0.39, 0.29) is 16.7 Å². The molecule has 1 unspecified atom stereocenters. The molecule has 0 spiro atoms. The molecule has 134 valence electrons. The second-order valence-corrected chi connectivity index (χ2v) is 6.69. The maximum absolute atomic E-state index is 10.6. The number of nitrogens with zero attached hydrogens (tertiary/aromatic N) is 4. The Kier molecular flexibility index (Phi) is 7.11. The Labute approximate surface area is 143 Å². The van der Waals surface area contributed by atoms with Crippen LogP contribution in [0.15, 0.2) is 24.3 Å². The van der Waals surface area contributed by atoms with Crippen molar-refractivity contribution in [2.24, 2.45) is 0 Å². The van der Waals surface area contributed by atoms with Crippen LogP contribution in [0.1, 0.15) is 5.56 Å². The Morgan fingerprint density at radius 3 is 2.46 bits per heavy atom. The molecule has 1 saturated heterocycles. The zero-order valence-corrected chi connectivity index (χ0v) is 14.6. The molecule has 7 heteroatoms. The average Bonchev–Trinajstić information content (AvgIpc) is 2.55. The van der Waals surface area contributed by atoms with Gasteiger partial charge < -0.3 is 14.9 Å². The summed E-state index contributed by atoms with van der Waals surface area (Å²) < 4.78 is 0. The first kappa shape index (κ1) is 18.8. The van der Waals surface area contributed by atoms with E-state index in [0.29, 0.717) is 6.54 Å². The second-order valence-electron chi connectivity index (χ2n) is 6.69. The smallest absolute Gasteiger partial charge is 0.269 e. The lowest BCUT2D eigenvalue weighted by atomic mass is 10.1. The molecular formula is C17H28N4O3. The molecule has 1 aliphatic heterocycles. The molecule has 0 amide bonds. The minimum atomic E-state index is -0.384. The lowest BCUT2D eigenvalue weighted by molar-refractivity contribution is -0.384. The van der Waals surface area contributed by atoms with Crippen LogP contribution in [0.5, 0.6) is 0 Å². The predicted octanol–water partition coefficient (Wildman–Crippen LogP) is 0.677. The van der Waals surface area contributed by atoms with Crippen LogP contribution in [0.4, 0.5) is 5.69 Å². The molecule has 2 rings (SSSR count). The summed E-state index contributed by atoms with van der Waals surface area (Å²) in [5.74, 6) is 0. The van der Waals surface area contributed by atoms with Gasteiger partial charge in [-0.3, -0.25) is 15.0 Å². The number of aliphatic hydroxyl groups excluding tert-OH is 1. The summed E-state index contributed by atoms with van der Waals surface area (Å²) in [6.07, 6.45) is 0.464. The van der Waals surface area contributed by atoms with Crippen LogP contribution in [0.3, 0.4) is 0 Å². The summed E-state index contributed by atoms with van der Waals surface area (Å²) in [6, 6.07) is 6.67. The number of hydrogen-bond donors (Lipinski definition) is 1. The highest BCUT2D eigenvalue weighted by Gasteiger charge is 2.17. The Hall–Kier alpha value is -1.54. The number of hydrogen-bond acceptors (Lipinski definition) is 6. The maximum Gasteiger partial charge on any atom is 0.269 e. The van der Waals surface area contributed by atoms with Gasteiger partial charge >= 0.3 is 0 Å². The van der Waals surface area contributed by atoms with E-state index in [2.05, 4.69) is 21.7 Å². The van der Waals surface area contributed by atoms with Crippen LogP contribution < -0.4 is 0 Å². The highest BCUT2D eigenvalue weighted by molar-refractivity contribution is 5.32. The third-order valence-corrected chi connectivity index (χ3v) is 4.52. The monoisotopic (exact) mass is 336 g/mol. The number of nitro benzene ring substituents is 1. The quantitative estimate of drug-likeness (QED) is 0.556. The molecule has 0 aliphatic carbocycles. The first-order chi connectivity index (χ1) is 11.4. The molecule has 1 atom stereocenters. The minimum absolute atomic E-state index is 0.120. The maximum atomic E-state index is 10.6. The van der Waals surface area contributed by atoms with E-state index in [1.807, 2.05) is 7.05 Å². The van der Waals surface area contributed by atoms with Gasteiger partial charge in [-0.25, -0.2) is 0 Å². The van der Waals surface area contributed by atoms with Gasteiger partial charge in [0.05, 0.1) is 11.0 Å². The molecule has 1 aromatic rings. The van der Waals surface area contributed by atoms with E-state index >= 15 is 0 Å². The van der Waals surface area contributed by atoms with Gasteiger partial charge in [0, 0.05) is 57.9 Å². The van der Waals surface area contributed by atoms with E-state index in [1.54, 1.807) is 12.1 Å². The van der Waals surface area contributed by atoms with Crippen LogP contribution in [0.2, 0.25) is 0 Å². The van der Waals surface area contributed by atoms with Gasteiger partial charge in [0.1, 0.15) is 0 Å². The number of benzene rings is 1. The molecule has 1 fully saturated rings. The van der Waals surface area contributed by atoms with Crippen LogP contribution in [-0.2, 0) is 6.42 Å². The highest BCUT2D eigenvalue weighted by atomic mass is 16.6. The van der Waals surface area contributed by atoms with Gasteiger partial charge in [0.25, 0.3) is 5.69 Å². The van der Waals surface area contributed by atoms with Crippen LogP contribution in [0, 0.1) is 10.1 Å². The fraction of sp³-hybridized carbons (Fsp3) is 0.647. The van der Waals surface area contributed by atoms with Crippen molar-refractivity contribution in [3.63, 3.8) is 0 Å². The zero-order valence-electron chi connectivity index (χ0n) is 14.6. The molecule has 0 radical (unpaired) electrons. The summed E-state index contributed by atoms with van der Waals surface area (Å²) in [6.45, 7) is 6.32. The third-order valence-electron chi connectivity index (χ3n) is 4.52. The SMILES string of the molecule is CN1CCN(CC(O)CN(C)CCc2ccc([N+](=O)[O-])cc2)CC1. The molecular weight excluding hydrogens is 308 g/mol. The predicted molar refractivity (Wildman–Crippen MR) is 94.2 cm³/mol. The van der Waals surface area contributed by atoms with Crippen LogP contribution >= 0.6 is 0 Å². The summed E-state index contributed by atoms with van der Waals surface area (Å²) in [7, 11) is 4.12. The summed E-state index contributed by atoms with van der Waals surface area (Å²) >= 11 is 0. The van der Waals surface area contributed by atoms with E-state index in [9.17, 15) is 15.2 Å². The van der Waals surface area contributed by atoms with Crippen molar-refractivity contribution in [1.82, 2.24) is 14.7 Å². The van der Waals surface area contributed by atoms with E-state index < -0.39 is 0 Å². The van der Waals surface area contributed by atoms with Gasteiger partial charge in [-0.2, -0.15) is 0 Å². The number of aliphatic hydroxyl groups is 1. The molecule has 1 heterocycles. The molecule has 24 heavy (non-hydrogen) atoms. The van der Waals surface area contributed by atoms with Crippen molar-refractivity contribution in [1.29, 1.82) is 0 Å². The number of rotatable bonds is 8. The standard InChI is InChI=1S/C17H28N4O3/c1-18-9-11-20(12-10-18)14-17(22)13-19(2)8-7-15-3-5-16(6-4-15)21(23)24/h3-6,17,22H,7-14H2,1-2H3. The topological polar surface area (TPSA) is 73.1 Å². The highest BCUT2D eigenvalue weighted by Crippen LogP contribution is 2.12. The largest absolute Gasteiger partial charge is 0.390 e. The molecule has 0 aromatic heterocycles. The van der Waals surface area contributed by atoms with Gasteiger partial charge in [-0.05, 0) is 26.1 Å². The Morgan fingerprint density at radius 2 is 1.88 bits per heavy atom. The number of likely N-dealkylation sites (N-methyl/N-ethyl adjacent to an activating group) is 2. The van der Waals surface area contributed by atoms with E-state index in [0.717, 1.165) is 51.3 Å². The lowest BCUT2D eigenvalue weighted by Gasteiger charge is -2.34.